The van der Waals surface area contributed by atoms with Crippen molar-refractivity contribution >= 4 is 130 Å². The van der Waals surface area contributed by atoms with Crippen LogP contribution < -0.4 is 102 Å². The van der Waals surface area contributed by atoms with E-state index in [-0.39, 0.29) is 24.2 Å². The van der Waals surface area contributed by atoms with Crippen LogP contribution in [0.15, 0.2) is 67.1 Å². The molecule has 18 atom stereocenters. The van der Waals surface area contributed by atoms with Crippen LogP contribution in [-0.2, 0) is 125 Å². The third-order valence-corrected chi connectivity index (χ3v) is 19.7. The molecule has 3 rings (SSSR count). The lowest BCUT2D eigenvalue weighted by Gasteiger charge is -2.29. The maximum absolute atomic E-state index is 14.5. The van der Waals surface area contributed by atoms with E-state index in [1.165, 1.54) is 81.8 Å². The summed E-state index contributed by atoms with van der Waals surface area (Å²) in [5.41, 5.74) is 12.1. The zero-order valence-electron chi connectivity index (χ0n) is 74.3. The molecule has 53 heteroatoms. The van der Waals surface area contributed by atoms with E-state index in [0.29, 0.717) is 11.3 Å². The van der Waals surface area contributed by atoms with Crippen molar-refractivity contribution in [3.8, 4) is 5.75 Å². The summed E-state index contributed by atoms with van der Waals surface area (Å²) in [6.07, 6.45) is -6.81. The van der Waals surface area contributed by atoms with Crippen molar-refractivity contribution in [3.63, 3.8) is 0 Å². The Kier molecular flexibility index (Phi) is 48.4. The third kappa shape index (κ3) is 40.9. The number of aromatic hydroxyl groups is 1. The Bertz CT molecular complexity index is 4580. The number of aromatic nitrogens is 2. The highest BCUT2D eigenvalue weighted by atomic mass is 16.4. The summed E-state index contributed by atoms with van der Waals surface area (Å²) in [4.78, 5) is 299. The normalized spacial score (nSPS) is 15.1. The van der Waals surface area contributed by atoms with Crippen molar-refractivity contribution in [2.75, 3.05) is 32.9 Å². The average Bonchev–Trinajstić information content (AvgIpc) is 1.04. The topological polar surface area (TPSA) is 863 Å². The Labute approximate surface area is 765 Å². The molecule has 0 saturated carbocycles. The summed E-state index contributed by atoms with van der Waals surface area (Å²) < 4.78 is 0. The van der Waals surface area contributed by atoms with Crippen LogP contribution in [0.2, 0.25) is 0 Å². The van der Waals surface area contributed by atoms with Gasteiger partial charge in [0.05, 0.1) is 69.6 Å². The highest BCUT2D eigenvalue weighted by Gasteiger charge is 2.41. The first-order valence-electron chi connectivity index (χ1n) is 41.9. The van der Waals surface area contributed by atoms with Crippen LogP contribution in [-0.4, -0.2) is 333 Å². The molecular formula is C81H119N21O32. The quantitative estimate of drug-likeness (QED) is 0.0249. The fourth-order valence-electron chi connectivity index (χ4n) is 12.3. The number of amides is 18. The molecule has 1 heterocycles. The second-order valence-electron chi connectivity index (χ2n) is 31.7. The third-order valence-electron chi connectivity index (χ3n) is 19.7. The Morgan fingerprint density at radius 1 is 0.373 bits per heavy atom. The summed E-state index contributed by atoms with van der Waals surface area (Å²) in [5.74, 6) is -29.4. The summed E-state index contributed by atoms with van der Waals surface area (Å²) in [6, 6.07) is -15.9. The van der Waals surface area contributed by atoms with E-state index in [1.54, 1.807) is 19.9 Å². The lowest BCUT2D eigenvalue weighted by Crippen LogP contribution is -2.63. The molecular weight excluding hydrogens is 1780 g/mol. The molecule has 0 aliphatic heterocycles. The van der Waals surface area contributed by atoms with Gasteiger partial charge < -0.3 is 158 Å². The number of nitrogens with one attached hydrogen (secondary N) is 18. The lowest BCUT2D eigenvalue weighted by atomic mass is 10.00. The molecule has 2 aromatic carbocycles. The van der Waals surface area contributed by atoms with Gasteiger partial charge in [-0.1, -0.05) is 70.2 Å². The Balaban J connectivity index is 1.81. The van der Waals surface area contributed by atoms with E-state index in [2.05, 4.69) is 89.7 Å². The number of phenolic OH excluding ortho intramolecular Hbond substituents is 1. The van der Waals surface area contributed by atoms with Crippen LogP contribution in [0, 0.1) is 11.8 Å². The number of H-pyrrole nitrogens is 1. The predicted octanol–water partition coefficient (Wildman–Crippen LogP) is -12.0. The maximum Gasteiger partial charge on any atom is 0.325 e. The van der Waals surface area contributed by atoms with Gasteiger partial charge in [0.25, 0.3) is 0 Å². The zero-order valence-corrected chi connectivity index (χ0v) is 74.3. The van der Waals surface area contributed by atoms with Crippen molar-refractivity contribution in [2.24, 2.45) is 23.3 Å². The lowest BCUT2D eigenvalue weighted by molar-refractivity contribution is -0.142. The number of primary amides is 1. The molecule has 53 nitrogen and oxygen atoms in total. The predicted molar refractivity (Wildman–Crippen MR) is 460 cm³/mol. The maximum atomic E-state index is 14.5. The first-order chi connectivity index (χ1) is 62.9. The number of hydrogen-bond donors (Lipinski definition) is 30. The fraction of sp³-hybridized carbons (Fsp3) is 0.543. The Morgan fingerprint density at radius 3 is 1.19 bits per heavy atom. The van der Waals surface area contributed by atoms with Crippen molar-refractivity contribution in [1.29, 1.82) is 0 Å². The molecule has 18 amide bonds. The molecule has 740 valence electrons. The number of carbonyl (C=O) groups is 22. The summed E-state index contributed by atoms with van der Waals surface area (Å²) in [6.45, 7) is 4.33. The monoisotopic (exact) mass is 1900 g/mol. The number of phenols is 1. The zero-order chi connectivity index (χ0) is 101. The van der Waals surface area contributed by atoms with Crippen molar-refractivity contribution in [1.82, 2.24) is 100 Å². The first-order valence-corrected chi connectivity index (χ1v) is 41.9. The molecule has 0 spiro atoms. The smallest absolute Gasteiger partial charge is 0.325 e. The summed E-state index contributed by atoms with van der Waals surface area (Å²) >= 11 is 0. The number of aliphatic carboxylic acids is 4. The van der Waals surface area contributed by atoms with Crippen molar-refractivity contribution in [3.05, 3.63) is 83.9 Å². The number of imidazole rings is 1. The van der Waals surface area contributed by atoms with E-state index in [9.17, 15) is 157 Å². The Morgan fingerprint density at radius 2 is 0.746 bits per heavy atom. The minimum Gasteiger partial charge on any atom is -0.508 e. The fourth-order valence-corrected chi connectivity index (χ4v) is 12.3. The highest BCUT2D eigenvalue weighted by Crippen LogP contribution is 2.16. The van der Waals surface area contributed by atoms with Crippen LogP contribution in [0.25, 0.3) is 0 Å². The van der Waals surface area contributed by atoms with E-state index in [4.69, 9.17) is 11.5 Å². The van der Waals surface area contributed by atoms with Crippen molar-refractivity contribution in [2.45, 2.75) is 235 Å². The molecule has 3 aromatic rings. The average molecular weight is 1900 g/mol. The van der Waals surface area contributed by atoms with Gasteiger partial charge >= 0.3 is 23.9 Å². The van der Waals surface area contributed by atoms with Gasteiger partial charge in [-0.05, 0) is 88.5 Å². The number of aliphatic hydroxyl groups excluding tert-OH is 5. The molecule has 0 aliphatic rings. The van der Waals surface area contributed by atoms with E-state index in [1.807, 2.05) is 10.6 Å². The van der Waals surface area contributed by atoms with E-state index in [0.717, 1.165) is 20.8 Å². The highest BCUT2D eigenvalue weighted by molar-refractivity contribution is 6.02. The number of carboxylic acids is 4. The molecule has 0 bridgehead atoms. The Hall–Kier alpha value is -14.4. The van der Waals surface area contributed by atoms with E-state index < -0.39 is 342 Å². The second kappa shape index (κ2) is 57.0. The minimum absolute atomic E-state index is 0.0232. The number of benzene rings is 2. The molecule has 0 saturated heterocycles. The van der Waals surface area contributed by atoms with Crippen molar-refractivity contribution < 1.29 is 157 Å². The number of hydrogen-bond acceptors (Lipinski definition) is 30. The SMILES string of the molecule is CC(C)C[C@H](NC(=O)[C@H](Cc1ccc(O)cc1)NC(=O)[C@H](CO)NC(=O)[C@H](CO)NC(=O)[C@@H](NC(=O)[C@H](CC(=O)O)NC(=O)[C@H](CO)NC(=O)[C@@H](NC(=O)[C@H](Cc1ccccc1)NC(=O)[C@@H](NC(=O)CNC(=O)[C@H](CCC(=O)O)NC(=O)[C@H](C)NC(=O)[C@@H](N)Cc1c[nH]cn1)[C@@H](C)O)[C@@H](C)O)C(C)C)C(=O)N[C@@H](CCC(=O)O)C(=O)NCC(=O)N[C@@H](CCC(N)=O)C(=O)N[C@@H](C)C(=O)O. The molecule has 32 N–H and O–H groups in total. The van der Waals surface area contributed by atoms with Crippen LogP contribution in [0.4, 0.5) is 0 Å². The van der Waals surface area contributed by atoms with Gasteiger partial charge in [-0.15, -0.1) is 0 Å². The molecule has 0 unspecified atom stereocenters. The first kappa shape index (κ1) is 114. The number of nitrogens with zero attached hydrogens (tertiary/aromatic N) is 1. The number of aromatic amines is 1. The van der Waals surface area contributed by atoms with Crippen LogP contribution in [0.1, 0.15) is 124 Å². The molecule has 0 fully saturated rings. The van der Waals surface area contributed by atoms with Gasteiger partial charge in [0, 0.05) is 44.7 Å². The summed E-state index contributed by atoms with van der Waals surface area (Å²) in [5, 5.41) is 139. The molecule has 1 aromatic heterocycles. The van der Waals surface area contributed by atoms with Gasteiger partial charge in [0.2, 0.25) is 106 Å². The number of carbonyl (C=O) groups excluding carboxylic acids is 18. The van der Waals surface area contributed by atoms with Gasteiger partial charge in [-0.3, -0.25) is 105 Å². The van der Waals surface area contributed by atoms with Crippen LogP contribution in [0.5, 0.6) is 5.75 Å². The largest absolute Gasteiger partial charge is 0.508 e. The number of carboxylic acid groups (broad SMARTS) is 4. The summed E-state index contributed by atoms with van der Waals surface area (Å²) in [7, 11) is 0. The van der Waals surface area contributed by atoms with Crippen LogP contribution >= 0.6 is 0 Å². The number of rotatable bonds is 60. The van der Waals surface area contributed by atoms with Gasteiger partial charge in [-0.2, -0.15) is 0 Å². The number of aliphatic hydroxyl groups is 5. The standard InChI is InChI=1S/C81H119N21O32/c1-36(2)24-50(71(123)92-48(20-23-61(114)115)69(121)85-30-58(110)90-49(18-21-57(83)109)70(122)89-39(6)81(133)134)93-72(124)51(26-43-14-16-45(108)17-15-43)94-75(127)54(32-103)97-77(129)56(34-105)98-78(130)63(37(3)4)101-74(126)53(28-62(116)117)95-76(128)55(33-104)99-80(132)65(41(8)107)102-73(125)52(25-42-12-10-9-11-13-42)96-79(131)64(40(7)106)100-59(111)31-86-68(120)47(19-22-60(112)113)91-66(118)38(5)88-67(119)46(82)27-44-29-84-35-87-44/h9-17,29,35-41,46-56,63-65,103-108H,18-28,30-34,82H2,1-8H3,(H2,83,109)(H,84,87)(H,85,121)(H,86,120)(H,88,119)(H,89,122)(H,90,110)(H,91,118)(H,92,123)(H,93,124)(H,94,127)(H,95,128)(H,96,131)(H,97,129)(H,98,130)(H,99,132)(H,100,111)(H,101,126)(H,102,125)(H,112,113)(H,114,115)(H,116,117)(H,133,134)/t38-,39-,40+,41+,46-,47-,48-,49-,50-,51-,52-,53-,54-,55-,56-,63-,64-,65-/m0/s1. The van der Waals surface area contributed by atoms with Gasteiger partial charge in [-0.25, -0.2) is 4.98 Å². The number of nitrogens with two attached hydrogens (primary N) is 2. The van der Waals surface area contributed by atoms with Gasteiger partial charge in [0.15, 0.2) is 0 Å². The second-order valence-corrected chi connectivity index (χ2v) is 31.7. The van der Waals surface area contributed by atoms with E-state index >= 15 is 0 Å². The molecule has 0 aliphatic carbocycles. The van der Waals surface area contributed by atoms with Gasteiger partial charge in [0.1, 0.15) is 96.4 Å². The van der Waals surface area contributed by atoms with Crippen LogP contribution in [0.3, 0.4) is 0 Å². The minimum atomic E-state index is -2.21. The molecule has 0 radical (unpaired) electrons. The molecule has 134 heavy (non-hydrogen) atoms.